The lowest BCUT2D eigenvalue weighted by molar-refractivity contribution is -0.149. The average molecular weight is 435 g/mol. The maximum atomic E-state index is 11.7. The smallest absolute Gasteiger partial charge is 0.410 e. The second-order valence-corrected chi connectivity index (χ2v) is 7.69. The van der Waals surface area contributed by atoms with Gasteiger partial charge in [-0.1, -0.05) is 0 Å². The molecule has 1 aliphatic heterocycles. The fourth-order valence-electron chi connectivity index (χ4n) is 3.02. The Morgan fingerprint density at radius 3 is 2.63 bits per heavy atom. The fraction of sp³-hybridized carbons (Fsp3) is 0.444. The molecule has 2 heterocycles. The molecule has 0 unspecified atom stereocenters. The van der Waals surface area contributed by atoms with Crippen molar-refractivity contribution in [2.24, 2.45) is 0 Å². The first-order valence-electron chi connectivity index (χ1n) is 9.30. The number of carbonyl (C=O) groups excluding carboxylic acids is 4. The third-order valence-electron chi connectivity index (χ3n) is 4.43. The number of rotatable bonds is 6. The summed E-state index contributed by atoms with van der Waals surface area (Å²) >= 11 is 0.833. The molecule has 3 amide bonds. The van der Waals surface area contributed by atoms with Crippen LogP contribution >= 0.6 is 11.8 Å². The SMILES string of the molecule is CC(=O)OCOC(=O)NC1CCC(Nc2nccc(/C=C3\SC(=O)NC3=O)n2)CC1. The average Bonchev–Trinajstić information content (AvgIpc) is 3.00. The van der Waals surface area contributed by atoms with Gasteiger partial charge in [0.25, 0.3) is 11.1 Å². The van der Waals surface area contributed by atoms with Crippen molar-refractivity contribution in [2.75, 3.05) is 12.1 Å². The summed E-state index contributed by atoms with van der Waals surface area (Å²) in [6, 6.07) is 1.76. The number of thioether (sulfide) groups is 1. The molecular weight excluding hydrogens is 414 g/mol. The van der Waals surface area contributed by atoms with E-state index in [1.54, 1.807) is 18.3 Å². The van der Waals surface area contributed by atoms with Gasteiger partial charge in [0.15, 0.2) is 0 Å². The fourth-order valence-corrected chi connectivity index (χ4v) is 3.68. The van der Waals surface area contributed by atoms with Crippen molar-refractivity contribution in [3.05, 3.63) is 22.9 Å². The highest BCUT2D eigenvalue weighted by atomic mass is 32.2. The zero-order valence-electron chi connectivity index (χ0n) is 16.2. The number of esters is 1. The van der Waals surface area contributed by atoms with Gasteiger partial charge in [-0.05, 0) is 49.6 Å². The van der Waals surface area contributed by atoms with Crippen molar-refractivity contribution in [1.29, 1.82) is 0 Å². The van der Waals surface area contributed by atoms with Gasteiger partial charge in [-0.3, -0.25) is 19.7 Å². The Morgan fingerprint density at radius 2 is 1.97 bits per heavy atom. The van der Waals surface area contributed by atoms with E-state index >= 15 is 0 Å². The van der Waals surface area contributed by atoms with Gasteiger partial charge >= 0.3 is 12.1 Å². The van der Waals surface area contributed by atoms with Crippen molar-refractivity contribution in [2.45, 2.75) is 44.7 Å². The topological polar surface area (TPSA) is 149 Å². The molecule has 2 aliphatic rings. The molecule has 12 heteroatoms. The Balaban J connectivity index is 1.45. The minimum atomic E-state index is -0.621. The summed E-state index contributed by atoms with van der Waals surface area (Å²) in [7, 11) is 0. The number of alkyl carbamates (subject to hydrolysis) is 1. The summed E-state index contributed by atoms with van der Waals surface area (Å²) in [4.78, 5) is 54.1. The van der Waals surface area contributed by atoms with Crippen LogP contribution in [0.3, 0.4) is 0 Å². The summed E-state index contributed by atoms with van der Waals surface area (Å²) in [5.41, 5.74) is 0.519. The normalized spacial score (nSPS) is 22.4. The van der Waals surface area contributed by atoms with Crippen LogP contribution in [0.25, 0.3) is 6.08 Å². The molecule has 0 atom stereocenters. The summed E-state index contributed by atoms with van der Waals surface area (Å²) in [5.74, 6) is -0.526. The number of anilines is 1. The van der Waals surface area contributed by atoms with Crippen molar-refractivity contribution >= 4 is 47.0 Å². The Labute approximate surface area is 176 Å². The number of hydrogen-bond donors (Lipinski definition) is 3. The molecule has 0 aromatic carbocycles. The van der Waals surface area contributed by atoms with E-state index in [4.69, 9.17) is 4.74 Å². The number of hydrogen-bond acceptors (Lipinski definition) is 10. The molecule has 30 heavy (non-hydrogen) atoms. The molecule has 1 saturated carbocycles. The maximum absolute atomic E-state index is 11.7. The van der Waals surface area contributed by atoms with Crippen molar-refractivity contribution in [3.63, 3.8) is 0 Å². The quantitative estimate of drug-likeness (QED) is 0.343. The highest BCUT2D eigenvalue weighted by Crippen LogP contribution is 2.25. The third-order valence-corrected chi connectivity index (χ3v) is 5.24. The predicted molar refractivity (Wildman–Crippen MR) is 107 cm³/mol. The molecule has 160 valence electrons. The van der Waals surface area contributed by atoms with Gasteiger partial charge in [-0.15, -0.1) is 0 Å². The Hall–Kier alpha value is -3.15. The highest BCUT2D eigenvalue weighted by molar-refractivity contribution is 8.18. The maximum Gasteiger partial charge on any atom is 0.410 e. The number of nitrogens with one attached hydrogen (secondary N) is 3. The van der Waals surface area contributed by atoms with Crippen LogP contribution in [0.5, 0.6) is 0 Å². The van der Waals surface area contributed by atoms with E-state index in [1.165, 1.54) is 6.92 Å². The number of amides is 3. The first kappa shape index (κ1) is 21.6. The minimum absolute atomic E-state index is 0.0275. The summed E-state index contributed by atoms with van der Waals surface area (Å²) in [5, 5.41) is 7.80. The number of ether oxygens (including phenoxy) is 2. The lowest BCUT2D eigenvalue weighted by Crippen LogP contribution is -2.40. The van der Waals surface area contributed by atoms with E-state index in [9.17, 15) is 19.2 Å². The van der Waals surface area contributed by atoms with Gasteiger partial charge in [0, 0.05) is 25.2 Å². The Bertz CT molecular complexity index is 868. The van der Waals surface area contributed by atoms with E-state index in [-0.39, 0.29) is 17.0 Å². The number of aromatic nitrogens is 2. The molecular formula is C18H21N5O6S. The molecule has 2 fully saturated rings. The largest absolute Gasteiger partial charge is 0.428 e. The Morgan fingerprint density at radius 1 is 1.23 bits per heavy atom. The first-order valence-corrected chi connectivity index (χ1v) is 10.1. The second kappa shape index (κ2) is 10.1. The highest BCUT2D eigenvalue weighted by Gasteiger charge is 2.26. The van der Waals surface area contributed by atoms with Gasteiger partial charge in [0.05, 0.1) is 10.6 Å². The van der Waals surface area contributed by atoms with E-state index in [1.807, 2.05) is 0 Å². The van der Waals surface area contributed by atoms with Gasteiger partial charge in [0.1, 0.15) is 0 Å². The lowest BCUT2D eigenvalue weighted by Gasteiger charge is -2.29. The number of nitrogens with zero attached hydrogens (tertiary/aromatic N) is 2. The second-order valence-electron chi connectivity index (χ2n) is 6.68. The predicted octanol–water partition coefficient (Wildman–Crippen LogP) is 1.77. The zero-order chi connectivity index (χ0) is 21.5. The van der Waals surface area contributed by atoms with Crippen LogP contribution < -0.4 is 16.0 Å². The standard InChI is InChI=1S/C18H21N5O6S/c1-10(24)28-9-29-17(26)22-12-4-2-11(3-5-12)20-16-19-7-6-13(21-16)8-14-15(25)23-18(27)30-14/h6-8,11-12H,2-5,9H2,1H3,(H,22,26)(H,19,20,21)(H,23,25,27)/b14-8-. The number of imide groups is 1. The van der Waals surface area contributed by atoms with Crippen LogP contribution in [0.4, 0.5) is 15.5 Å². The van der Waals surface area contributed by atoms with Gasteiger partial charge in [-0.2, -0.15) is 0 Å². The molecule has 3 rings (SSSR count). The Kier molecular flexibility index (Phi) is 7.22. The third kappa shape index (κ3) is 6.44. The van der Waals surface area contributed by atoms with Crippen LogP contribution in [0.2, 0.25) is 0 Å². The van der Waals surface area contributed by atoms with Crippen LogP contribution in [-0.4, -0.2) is 52.1 Å². The van der Waals surface area contributed by atoms with Crippen molar-refractivity contribution < 1.29 is 28.7 Å². The minimum Gasteiger partial charge on any atom is -0.428 e. The van der Waals surface area contributed by atoms with Gasteiger partial charge in [-0.25, -0.2) is 14.8 Å². The summed E-state index contributed by atoms with van der Waals surface area (Å²) in [6.07, 6.45) is 5.55. The molecule has 0 bridgehead atoms. The van der Waals surface area contributed by atoms with Crippen LogP contribution in [-0.2, 0) is 19.1 Å². The van der Waals surface area contributed by atoms with Gasteiger partial charge in [0.2, 0.25) is 12.7 Å². The molecule has 1 aromatic heterocycles. The monoisotopic (exact) mass is 435 g/mol. The van der Waals surface area contributed by atoms with Gasteiger partial charge < -0.3 is 20.1 Å². The van der Waals surface area contributed by atoms with Crippen molar-refractivity contribution in [1.82, 2.24) is 20.6 Å². The van der Waals surface area contributed by atoms with E-state index < -0.39 is 30.0 Å². The molecule has 1 aromatic rings. The van der Waals surface area contributed by atoms with Crippen molar-refractivity contribution in [3.8, 4) is 0 Å². The summed E-state index contributed by atoms with van der Waals surface area (Å²) in [6.45, 7) is 0.827. The van der Waals surface area contributed by atoms with Crippen LogP contribution in [0.1, 0.15) is 38.3 Å². The molecule has 1 saturated heterocycles. The molecule has 0 spiro atoms. The zero-order valence-corrected chi connectivity index (χ0v) is 17.0. The molecule has 0 radical (unpaired) electrons. The molecule has 3 N–H and O–H groups in total. The van der Waals surface area contributed by atoms with Crippen LogP contribution in [0.15, 0.2) is 17.2 Å². The molecule has 11 nitrogen and oxygen atoms in total. The molecule has 1 aliphatic carbocycles. The number of carbonyl (C=O) groups is 4. The van der Waals surface area contributed by atoms with E-state index in [2.05, 4.69) is 30.7 Å². The van der Waals surface area contributed by atoms with Crippen LogP contribution in [0, 0.1) is 0 Å². The van der Waals surface area contributed by atoms with E-state index in [0.29, 0.717) is 11.6 Å². The van der Waals surface area contributed by atoms with E-state index in [0.717, 1.165) is 37.4 Å². The summed E-state index contributed by atoms with van der Waals surface area (Å²) < 4.78 is 9.33. The first-order chi connectivity index (χ1) is 14.4. The lowest BCUT2D eigenvalue weighted by atomic mass is 9.91.